The molecule has 0 radical (unpaired) electrons. The van der Waals surface area contributed by atoms with Gasteiger partial charge in [-0.2, -0.15) is 0 Å². The van der Waals surface area contributed by atoms with Gasteiger partial charge in [0.25, 0.3) is 5.91 Å². The summed E-state index contributed by atoms with van der Waals surface area (Å²) in [5.74, 6) is 1.17. The third-order valence-electron chi connectivity index (χ3n) is 2.26. The standard InChI is InChI=1S/C12H12N2O2/c1-8-14-7-11(16-8)9-4-3-5-10(6-9)12(15)13-2/h3-7H,1-2H3,(H,13,15). The van der Waals surface area contributed by atoms with Gasteiger partial charge in [-0.05, 0) is 12.1 Å². The Bertz CT molecular complexity index is 517. The number of benzene rings is 1. The number of hydrogen-bond acceptors (Lipinski definition) is 3. The molecule has 1 amide bonds. The SMILES string of the molecule is CNC(=O)c1cccc(-c2cnc(C)o2)c1. The van der Waals surface area contributed by atoms with Gasteiger partial charge in [0.1, 0.15) is 0 Å². The van der Waals surface area contributed by atoms with E-state index in [-0.39, 0.29) is 5.91 Å². The topological polar surface area (TPSA) is 55.1 Å². The second kappa shape index (κ2) is 4.18. The molecule has 1 aromatic heterocycles. The highest BCUT2D eigenvalue weighted by atomic mass is 16.4. The van der Waals surface area contributed by atoms with Crippen molar-refractivity contribution in [2.24, 2.45) is 0 Å². The molecule has 0 aliphatic heterocycles. The number of carbonyl (C=O) groups is 1. The van der Waals surface area contributed by atoms with E-state index in [2.05, 4.69) is 10.3 Å². The first-order valence-electron chi connectivity index (χ1n) is 4.95. The van der Waals surface area contributed by atoms with Crippen molar-refractivity contribution in [2.75, 3.05) is 7.05 Å². The van der Waals surface area contributed by atoms with Crippen molar-refractivity contribution in [2.45, 2.75) is 6.92 Å². The van der Waals surface area contributed by atoms with Crippen LogP contribution < -0.4 is 5.32 Å². The number of aromatic nitrogens is 1. The van der Waals surface area contributed by atoms with Gasteiger partial charge in [0.2, 0.25) is 0 Å². The van der Waals surface area contributed by atoms with E-state index in [1.807, 2.05) is 12.1 Å². The van der Waals surface area contributed by atoms with Crippen molar-refractivity contribution in [3.05, 3.63) is 41.9 Å². The average molecular weight is 216 g/mol. The first-order chi connectivity index (χ1) is 7.70. The van der Waals surface area contributed by atoms with Crippen molar-refractivity contribution in [1.82, 2.24) is 10.3 Å². The lowest BCUT2D eigenvalue weighted by atomic mass is 10.1. The van der Waals surface area contributed by atoms with Gasteiger partial charge in [-0.3, -0.25) is 4.79 Å². The van der Waals surface area contributed by atoms with Crippen molar-refractivity contribution in [3.63, 3.8) is 0 Å². The van der Waals surface area contributed by atoms with E-state index in [4.69, 9.17) is 4.42 Å². The number of carbonyl (C=O) groups excluding carboxylic acids is 1. The largest absolute Gasteiger partial charge is 0.441 e. The van der Waals surface area contributed by atoms with Gasteiger partial charge >= 0.3 is 0 Å². The lowest BCUT2D eigenvalue weighted by Crippen LogP contribution is -2.17. The Hall–Kier alpha value is -2.10. The van der Waals surface area contributed by atoms with Crippen LogP contribution in [0.1, 0.15) is 16.2 Å². The molecule has 0 spiro atoms. The van der Waals surface area contributed by atoms with Gasteiger partial charge < -0.3 is 9.73 Å². The van der Waals surface area contributed by atoms with Crippen LogP contribution in [0.2, 0.25) is 0 Å². The summed E-state index contributed by atoms with van der Waals surface area (Å²) >= 11 is 0. The fourth-order valence-electron chi connectivity index (χ4n) is 1.45. The van der Waals surface area contributed by atoms with Crippen LogP contribution in [0.5, 0.6) is 0 Å². The predicted octanol–water partition coefficient (Wildman–Crippen LogP) is 2.01. The van der Waals surface area contributed by atoms with E-state index >= 15 is 0 Å². The molecular weight excluding hydrogens is 204 g/mol. The molecule has 0 saturated heterocycles. The van der Waals surface area contributed by atoms with Crippen molar-refractivity contribution in [3.8, 4) is 11.3 Å². The van der Waals surface area contributed by atoms with E-state index in [1.165, 1.54) is 0 Å². The normalized spacial score (nSPS) is 10.1. The van der Waals surface area contributed by atoms with Gasteiger partial charge in [-0.15, -0.1) is 0 Å². The molecule has 2 aromatic rings. The third-order valence-corrected chi connectivity index (χ3v) is 2.26. The molecule has 0 aliphatic carbocycles. The molecule has 82 valence electrons. The highest BCUT2D eigenvalue weighted by Gasteiger charge is 2.07. The number of nitrogens with zero attached hydrogens (tertiary/aromatic N) is 1. The van der Waals surface area contributed by atoms with Gasteiger partial charge in [0, 0.05) is 25.1 Å². The van der Waals surface area contributed by atoms with Crippen LogP contribution in [0, 0.1) is 6.92 Å². The number of nitrogens with one attached hydrogen (secondary N) is 1. The lowest BCUT2D eigenvalue weighted by Gasteiger charge is -2.01. The molecule has 0 atom stereocenters. The number of aryl methyl sites for hydroxylation is 1. The molecule has 4 nitrogen and oxygen atoms in total. The highest BCUT2D eigenvalue weighted by Crippen LogP contribution is 2.21. The minimum absolute atomic E-state index is 0.113. The molecule has 1 aromatic carbocycles. The summed E-state index contributed by atoms with van der Waals surface area (Å²) in [4.78, 5) is 15.5. The fourth-order valence-corrected chi connectivity index (χ4v) is 1.45. The quantitative estimate of drug-likeness (QED) is 0.835. The maximum Gasteiger partial charge on any atom is 0.251 e. The Kier molecular flexibility index (Phi) is 2.72. The molecule has 16 heavy (non-hydrogen) atoms. The van der Waals surface area contributed by atoms with Crippen molar-refractivity contribution < 1.29 is 9.21 Å². The van der Waals surface area contributed by atoms with Crippen LogP contribution >= 0.6 is 0 Å². The molecule has 4 heteroatoms. The number of amides is 1. The molecule has 0 bridgehead atoms. The van der Waals surface area contributed by atoms with Crippen molar-refractivity contribution in [1.29, 1.82) is 0 Å². The molecule has 0 saturated carbocycles. The summed E-state index contributed by atoms with van der Waals surface area (Å²) in [5, 5.41) is 2.58. The molecule has 2 rings (SSSR count). The van der Waals surface area contributed by atoms with Crippen molar-refractivity contribution >= 4 is 5.91 Å². The summed E-state index contributed by atoms with van der Waals surface area (Å²) in [6.45, 7) is 1.78. The maximum atomic E-state index is 11.4. The smallest absolute Gasteiger partial charge is 0.251 e. The first kappa shape index (κ1) is 10.4. The van der Waals surface area contributed by atoms with Crippen LogP contribution in [-0.4, -0.2) is 17.9 Å². The van der Waals surface area contributed by atoms with Crippen LogP contribution in [0.15, 0.2) is 34.9 Å². The molecule has 1 heterocycles. The van der Waals surface area contributed by atoms with E-state index in [1.54, 1.807) is 32.3 Å². The molecule has 0 aliphatic rings. The second-order valence-electron chi connectivity index (χ2n) is 3.40. The van der Waals surface area contributed by atoms with Gasteiger partial charge in [-0.1, -0.05) is 12.1 Å². The zero-order valence-corrected chi connectivity index (χ0v) is 9.15. The molecule has 0 unspecified atom stereocenters. The zero-order valence-electron chi connectivity index (χ0n) is 9.15. The maximum absolute atomic E-state index is 11.4. The van der Waals surface area contributed by atoms with Crippen LogP contribution in [0.25, 0.3) is 11.3 Å². The van der Waals surface area contributed by atoms with Crippen LogP contribution in [0.3, 0.4) is 0 Å². The third kappa shape index (κ3) is 1.95. The van der Waals surface area contributed by atoms with Crippen LogP contribution in [0.4, 0.5) is 0 Å². The number of hydrogen-bond donors (Lipinski definition) is 1. The minimum Gasteiger partial charge on any atom is -0.441 e. The van der Waals surface area contributed by atoms with E-state index in [0.717, 1.165) is 5.56 Å². The van der Waals surface area contributed by atoms with Gasteiger partial charge in [0.15, 0.2) is 11.7 Å². The summed E-state index contributed by atoms with van der Waals surface area (Å²) in [6.07, 6.45) is 1.65. The van der Waals surface area contributed by atoms with Crippen LogP contribution in [-0.2, 0) is 0 Å². The Morgan fingerprint density at radius 1 is 1.44 bits per heavy atom. The Labute approximate surface area is 93.3 Å². The summed E-state index contributed by atoms with van der Waals surface area (Å²) in [6, 6.07) is 7.23. The lowest BCUT2D eigenvalue weighted by molar-refractivity contribution is 0.0963. The average Bonchev–Trinajstić information content (AvgIpc) is 2.75. The molecule has 0 fully saturated rings. The monoisotopic (exact) mass is 216 g/mol. The van der Waals surface area contributed by atoms with E-state index < -0.39 is 0 Å². The Balaban J connectivity index is 2.39. The van der Waals surface area contributed by atoms with Gasteiger partial charge in [-0.25, -0.2) is 4.98 Å². The molecular formula is C12H12N2O2. The molecule has 1 N–H and O–H groups in total. The van der Waals surface area contributed by atoms with E-state index in [0.29, 0.717) is 17.2 Å². The first-order valence-corrected chi connectivity index (χ1v) is 4.95. The van der Waals surface area contributed by atoms with E-state index in [9.17, 15) is 4.79 Å². The van der Waals surface area contributed by atoms with Gasteiger partial charge in [0.05, 0.1) is 6.20 Å². The Morgan fingerprint density at radius 2 is 2.25 bits per heavy atom. The number of oxazole rings is 1. The summed E-state index contributed by atoms with van der Waals surface area (Å²) < 4.78 is 5.40. The Morgan fingerprint density at radius 3 is 2.88 bits per heavy atom. The minimum atomic E-state index is -0.113. The summed E-state index contributed by atoms with van der Waals surface area (Å²) in [5.41, 5.74) is 1.45. The highest BCUT2D eigenvalue weighted by molar-refractivity contribution is 5.95. The summed E-state index contributed by atoms with van der Waals surface area (Å²) in [7, 11) is 1.60. The second-order valence-corrected chi connectivity index (χ2v) is 3.40. The predicted molar refractivity (Wildman–Crippen MR) is 60.1 cm³/mol. The fraction of sp³-hybridized carbons (Fsp3) is 0.167. The number of rotatable bonds is 2. The zero-order chi connectivity index (χ0) is 11.5.